The van der Waals surface area contributed by atoms with E-state index in [0.29, 0.717) is 5.41 Å². The molecule has 7 aromatic carbocycles. The summed E-state index contributed by atoms with van der Waals surface area (Å²) in [6, 6.07) is 65.8. The highest BCUT2D eigenvalue weighted by atomic mass is 15.1. The second kappa shape index (κ2) is 13.9. The van der Waals surface area contributed by atoms with Crippen LogP contribution in [0.3, 0.4) is 0 Å². The lowest BCUT2D eigenvalue weighted by atomic mass is 9.48. The molecule has 5 aliphatic rings. The molecule has 14 rings (SSSR count). The lowest BCUT2D eigenvalue weighted by Gasteiger charge is -2.57. The van der Waals surface area contributed by atoms with Crippen LogP contribution in [0.15, 0.2) is 182 Å². The van der Waals surface area contributed by atoms with Crippen LogP contribution in [0.25, 0.3) is 61.0 Å². The van der Waals surface area contributed by atoms with Crippen molar-refractivity contribution in [1.29, 1.82) is 0 Å². The molecule has 306 valence electrons. The average Bonchev–Trinajstić information content (AvgIpc) is 3.77. The minimum Gasteiger partial charge on any atom is -0.310 e. The number of aromatic nitrogens is 2. The zero-order valence-electron chi connectivity index (χ0n) is 36.1. The standard InChI is InChI=1S/C60H51N3/c1-59(2)54-11-5-3-9-50(54)51-28-26-49(35-55(51)59)62(48-27-29-57-53(34-48)52-10-4-6-12-56(52)63(57)58-13-7-8-30-61-58)47-24-20-45(21-25-47)43-16-14-42(15-17-43)44-18-22-46(23-19-44)60-36-39-31-40(37-60)33-41(32-39)38-60/h3-30,34-35,39-41H,31-33,36-38H2,1-2H3. The Morgan fingerprint density at radius 3 is 1.70 bits per heavy atom. The van der Waals surface area contributed by atoms with E-state index in [-0.39, 0.29) is 5.41 Å². The van der Waals surface area contributed by atoms with E-state index in [2.05, 4.69) is 193 Å². The monoisotopic (exact) mass is 813 g/mol. The average molecular weight is 814 g/mol. The van der Waals surface area contributed by atoms with Gasteiger partial charge in [-0.3, -0.25) is 4.57 Å². The Balaban J connectivity index is 0.858. The number of nitrogens with zero attached hydrogens (tertiary/aromatic N) is 3. The van der Waals surface area contributed by atoms with Crippen molar-refractivity contribution in [3.63, 3.8) is 0 Å². The van der Waals surface area contributed by atoms with Crippen molar-refractivity contribution in [2.24, 2.45) is 17.8 Å². The summed E-state index contributed by atoms with van der Waals surface area (Å²) in [7, 11) is 0. The van der Waals surface area contributed by atoms with Crippen molar-refractivity contribution in [1.82, 2.24) is 9.55 Å². The first-order valence-electron chi connectivity index (χ1n) is 23.2. The van der Waals surface area contributed by atoms with E-state index in [1.165, 1.54) is 93.8 Å². The van der Waals surface area contributed by atoms with Crippen LogP contribution in [0.2, 0.25) is 0 Å². The molecular weight excluding hydrogens is 763 g/mol. The maximum Gasteiger partial charge on any atom is 0.137 e. The second-order valence-electron chi connectivity index (χ2n) is 19.9. The number of rotatable bonds is 7. The fraction of sp³-hybridized carbons (Fsp3) is 0.217. The highest BCUT2D eigenvalue weighted by molar-refractivity contribution is 6.10. The number of para-hydroxylation sites is 1. The lowest BCUT2D eigenvalue weighted by Crippen LogP contribution is -2.48. The minimum atomic E-state index is -0.111. The molecule has 0 spiro atoms. The van der Waals surface area contributed by atoms with Crippen LogP contribution in [0.1, 0.15) is 69.1 Å². The van der Waals surface area contributed by atoms with Crippen LogP contribution in [0.5, 0.6) is 0 Å². The third-order valence-corrected chi connectivity index (χ3v) is 15.8. The maximum atomic E-state index is 4.78. The topological polar surface area (TPSA) is 21.1 Å². The number of anilines is 3. The van der Waals surface area contributed by atoms with Gasteiger partial charge in [-0.15, -0.1) is 0 Å². The van der Waals surface area contributed by atoms with E-state index in [4.69, 9.17) is 4.98 Å². The molecule has 3 nitrogen and oxygen atoms in total. The van der Waals surface area contributed by atoms with Crippen molar-refractivity contribution in [2.45, 2.75) is 63.2 Å². The Morgan fingerprint density at radius 1 is 0.476 bits per heavy atom. The Morgan fingerprint density at radius 2 is 1.02 bits per heavy atom. The first kappa shape index (κ1) is 36.9. The molecule has 4 bridgehead atoms. The Kier molecular flexibility index (Phi) is 8.14. The van der Waals surface area contributed by atoms with Gasteiger partial charge in [0.1, 0.15) is 5.82 Å². The second-order valence-corrected chi connectivity index (χ2v) is 19.9. The van der Waals surface area contributed by atoms with Gasteiger partial charge < -0.3 is 4.90 Å². The SMILES string of the molecule is CC1(C)c2ccccc2-c2ccc(N(c3ccc(-c4ccc(-c5ccc(C67CC8CC(CC(C8)C6)C7)cc5)cc4)cc3)c3ccc4c(c3)c3ccccc3n4-c3ccccn3)cc21. The predicted molar refractivity (Wildman–Crippen MR) is 262 cm³/mol. The van der Waals surface area contributed by atoms with Crippen molar-refractivity contribution < 1.29 is 0 Å². The smallest absolute Gasteiger partial charge is 0.137 e. The summed E-state index contributed by atoms with van der Waals surface area (Å²) in [5, 5.41) is 2.41. The number of benzene rings is 7. The zero-order chi connectivity index (χ0) is 41.9. The molecule has 0 N–H and O–H groups in total. The highest BCUT2D eigenvalue weighted by Gasteiger charge is 2.51. The molecule has 63 heavy (non-hydrogen) atoms. The van der Waals surface area contributed by atoms with Gasteiger partial charge in [-0.25, -0.2) is 4.98 Å². The van der Waals surface area contributed by atoms with Gasteiger partial charge in [0.15, 0.2) is 0 Å². The van der Waals surface area contributed by atoms with Crippen LogP contribution in [0, 0.1) is 17.8 Å². The maximum absolute atomic E-state index is 4.78. The normalized spacial score (nSPS) is 21.5. The molecule has 3 heteroatoms. The van der Waals surface area contributed by atoms with Gasteiger partial charge in [-0.2, -0.15) is 0 Å². The van der Waals surface area contributed by atoms with Gasteiger partial charge in [-0.1, -0.05) is 129 Å². The molecule has 0 radical (unpaired) electrons. The molecule has 2 heterocycles. The minimum absolute atomic E-state index is 0.111. The fourth-order valence-corrected chi connectivity index (χ4v) is 13.2. The van der Waals surface area contributed by atoms with E-state index in [9.17, 15) is 0 Å². The van der Waals surface area contributed by atoms with Gasteiger partial charge in [0, 0.05) is 39.4 Å². The van der Waals surface area contributed by atoms with Gasteiger partial charge in [-0.05, 0) is 172 Å². The summed E-state index contributed by atoms with van der Waals surface area (Å²) in [4.78, 5) is 7.21. The summed E-state index contributed by atoms with van der Waals surface area (Å²) in [5.41, 5.74) is 18.0. The zero-order valence-corrected chi connectivity index (χ0v) is 36.1. The molecular formula is C60H51N3. The summed E-state index contributed by atoms with van der Waals surface area (Å²) >= 11 is 0. The molecule has 0 atom stereocenters. The van der Waals surface area contributed by atoms with Gasteiger partial charge >= 0.3 is 0 Å². The van der Waals surface area contributed by atoms with Crippen LogP contribution in [-0.2, 0) is 10.8 Å². The van der Waals surface area contributed by atoms with E-state index in [1.54, 1.807) is 5.56 Å². The van der Waals surface area contributed by atoms with Gasteiger partial charge in [0.2, 0.25) is 0 Å². The molecule has 5 aliphatic carbocycles. The van der Waals surface area contributed by atoms with E-state index < -0.39 is 0 Å². The van der Waals surface area contributed by atoms with E-state index in [0.717, 1.165) is 51.7 Å². The van der Waals surface area contributed by atoms with Crippen molar-refractivity contribution >= 4 is 38.9 Å². The quantitative estimate of drug-likeness (QED) is 0.160. The fourth-order valence-electron chi connectivity index (χ4n) is 13.2. The number of hydrogen-bond acceptors (Lipinski definition) is 2. The summed E-state index contributed by atoms with van der Waals surface area (Å²) in [6.45, 7) is 4.73. The van der Waals surface area contributed by atoms with Crippen molar-refractivity contribution in [3.05, 3.63) is 199 Å². The summed E-state index contributed by atoms with van der Waals surface area (Å²) in [6.07, 6.45) is 10.6. The van der Waals surface area contributed by atoms with E-state index in [1.807, 2.05) is 12.3 Å². The van der Waals surface area contributed by atoms with Crippen LogP contribution in [-0.4, -0.2) is 9.55 Å². The lowest BCUT2D eigenvalue weighted by molar-refractivity contribution is -0.00518. The molecule has 0 amide bonds. The van der Waals surface area contributed by atoms with Crippen LogP contribution >= 0.6 is 0 Å². The number of fused-ring (bicyclic) bond motifs is 6. The molecule has 9 aromatic rings. The molecule has 2 aromatic heterocycles. The molecule has 4 saturated carbocycles. The Hall–Kier alpha value is -6.71. The van der Waals surface area contributed by atoms with Crippen LogP contribution in [0.4, 0.5) is 17.1 Å². The first-order chi connectivity index (χ1) is 30.9. The predicted octanol–water partition coefficient (Wildman–Crippen LogP) is 15.8. The molecule has 0 unspecified atom stereocenters. The highest BCUT2D eigenvalue weighted by Crippen LogP contribution is 2.61. The van der Waals surface area contributed by atoms with Crippen molar-refractivity contribution in [3.8, 4) is 39.2 Å². The Labute approximate surface area is 370 Å². The van der Waals surface area contributed by atoms with Crippen molar-refractivity contribution in [2.75, 3.05) is 4.90 Å². The summed E-state index contributed by atoms with van der Waals surface area (Å²) in [5.74, 6) is 3.81. The Bertz CT molecular complexity index is 3170. The molecule has 4 fully saturated rings. The number of hydrogen-bond donors (Lipinski definition) is 0. The first-order valence-corrected chi connectivity index (χ1v) is 23.2. The van der Waals surface area contributed by atoms with Gasteiger partial charge in [0.25, 0.3) is 0 Å². The molecule has 0 saturated heterocycles. The third kappa shape index (κ3) is 5.82. The summed E-state index contributed by atoms with van der Waals surface area (Å²) < 4.78 is 2.28. The largest absolute Gasteiger partial charge is 0.310 e. The number of pyridine rings is 1. The van der Waals surface area contributed by atoms with Crippen LogP contribution < -0.4 is 4.90 Å². The molecule has 0 aliphatic heterocycles. The third-order valence-electron chi connectivity index (χ3n) is 15.8. The van der Waals surface area contributed by atoms with Gasteiger partial charge in [0.05, 0.1) is 11.0 Å². The van der Waals surface area contributed by atoms with E-state index >= 15 is 0 Å².